The van der Waals surface area contributed by atoms with Gasteiger partial charge >= 0.3 is 5.97 Å². The van der Waals surface area contributed by atoms with E-state index in [1.165, 1.54) is 7.11 Å². The molecule has 0 amide bonds. The van der Waals surface area contributed by atoms with Gasteiger partial charge in [0, 0.05) is 0 Å². The van der Waals surface area contributed by atoms with Crippen LogP contribution in [0.2, 0.25) is 0 Å². The lowest BCUT2D eigenvalue weighted by atomic mass is 10.1. The average molecular weight is 238 g/mol. The highest BCUT2D eigenvalue weighted by molar-refractivity contribution is 5.70. The Hall–Kier alpha value is -1.55. The van der Waals surface area contributed by atoms with Crippen molar-refractivity contribution >= 4 is 5.97 Å². The topological polar surface area (TPSA) is 55.8 Å². The van der Waals surface area contributed by atoms with Crippen molar-refractivity contribution in [1.29, 1.82) is 0 Å². The van der Waals surface area contributed by atoms with Gasteiger partial charge in [-0.15, -0.1) is 0 Å². The lowest BCUT2D eigenvalue weighted by Gasteiger charge is -2.12. The van der Waals surface area contributed by atoms with Crippen molar-refractivity contribution in [3.8, 4) is 5.75 Å². The molecule has 0 fully saturated rings. The molecule has 4 nitrogen and oxygen atoms in total. The van der Waals surface area contributed by atoms with Gasteiger partial charge < -0.3 is 14.6 Å². The summed E-state index contributed by atoms with van der Waals surface area (Å²) >= 11 is 0. The van der Waals surface area contributed by atoms with Gasteiger partial charge in [-0.25, -0.2) is 0 Å². The number of carbonyl (C=O) groups excluding carboxylic acids is 1. The van der Waals surface area contributed by atoms with Gasteiger partial charge in [-0.3, -0.25) is 4.79 Å². The van der Waals surface area contributed by atoms with Crippen molar-refractivity contribution in [1.82, 2.24) is 0 Å². The molecule has 0 heterocycles. The number of aliphatic hydroxyl groups is 1. The summed E-state index contributed by atoms with van der Waals surface area (Å²) in [5.74, 6) is 0.314. The first kappa shape index (κ1) is 13.5. The van der Waals surface area contributed by atoms with Gasteiger partial charge in [0.2, 0.25) is 0 Å². The van der Waals surface area contributed by atoms with Crippen LogP contribution in [0.4, 0.5) is 0 Å². The van der Waals surface area contributed by atoms with Crippen LogP contribution in [0.25, 0.3) is 0 Å². The third kappa shape index (κ3) is 4.44. The summed E-state index contributed by atoms with van der Waals surface area (Å²) < 4.78 is 9.97. The van der Waals surface area contributed by atoms with Crippen LogP contribution in [-0.2, 0) is 9.53 Å². The van der Waals surface area contributed by atoms with Gasteiger partial charge in [0.25, 0.3) is 0 Å². The van der Waals surface area contributed by atoms with Gasteiger partial charge in [0.1, 0.15) is 5.75 Å². The molecular formula is C13H18O4. The third-order valence-corrected chi connectivity index (χ3v) is 2.22. The monoisotopic (exact) mass is 238 g/mol. The summed E-state index contributed by atoms with van der Waals surface area (Å²) in [4.78, 5) is 11.0. The Labute approximate surface area is 101 Å². The quantitative estimate of drug-likeness (QED) is 0.798. The fourth-order valence-electron chi connectivity index (χ4n) is 1.40. The zero-order valence-electron chi connectivity index (χ0n) is 10.3. The van der Waals surface area contributed by atoms with Crippen molar-refractivity contribution in [2.24, 2.45) is 0 Å². The number of ether oxygens (including phenoxy) is 2. The Morgan fingerprint density at radius 2 is 1.88 bits per heavy atom. The first-order chi connectivity index (χ1) is 8.02. The molecular weight excluding hydrogens is 220 g/mol. The highest BCUT2D eigenvalue weighted by Crippen LogP contribution is 2.21. The van der Waals surface area contributed by atoms with E-state index in [0.29, 0.717) is 5.56 Å². The predicted molar refractivity (Wildman–Crippen MR) is 63.8 cm³/mol. The molecule has 1 aromatic carbocycles. The van der Waals surface area contributed by atoms with E-state index in [1.54, 1.807) is 24.3 Å². The lowest BCUT2D eigenvalue weighted by Crippen LogP contribution is -2.08. The molecule has 1 N–H and O–H groups in total. The van der Waals surface area contributed by atoms with Crippen LogP contribution in [0.5, 0.6) is 5.75 Å². The molecule has 0 aliphatic rings. The second kappa shape index (κ2) is 6.25. The largest absolute Gasteiger partial charge is 0.491 e. The molecule has 0 unspecified atom stereocenters. The molecule has 1 rings (SSSR count). The van der Waals surface area contributed by atoms with Gasteiger partial charge in [0.15, 0.2) is 0 Å². The van der Waals surface area contributed by atoms with Gasteiger partial charge in [-0.2, -0.15) is 0 Å². The Morgan fingerprint density at radius 3 is 2.35 bits per heavy atom. The van der Waals surface area contributed by atoms with E-state index in [9.17, 15) is 9.90 Å². The van der Waals surface area contributed by atoms with Crippen molar-refractivity contribution in [3.05, 3.63) is 29.8 Å². The molecule has 0 saturated heterocycles. The summed E-state index contributed by atoms with van der Waals surface area (Å²) in [5, 5.41) is 9.75. The Morgan fingerprint density at radius 1 is 1.29 bits per heavy atom. The molecule has 0 aliphatic carbocycles. The molecule has 0 aromatic heterocycles. The number of aliphatic hydroxyl groups excluding tert-OH is 1. The first-order valence-electron chi connectivity index (χ1n) is 5.54. The van der Waals surface area contributed by atoms with E-state index in [2.05, 4.69) is 4.74 Å². The average Bonchev–Trinajstić information content (AvgIpc) is 2.28. The lowest BCUT2D eigenvalue weighted by molar-refractivity contribution is -0.142. The minimum atomic E-state index is -0.837. The normalized spacial score (nSPS) is 12.3. The highest BCUT2D eigenvalue weighted by Gasteiger charge is 2.13. The fraction of sp³-hybridized carbons (Fsp3) is 0.462. The Balaban J connectivity index is 2.63. The van der Waals surface area contributed by atoms with Crippen LogP contribution >= 0.6 is 0 Å². The standard InChI is InChI=1S/C13H18O4/c1-9(2)17-11-6-4-10(5-7-11)12(14)8-13(15)16-3/h4-7,9,12,14H,8H2,1-3H3/t12-/m0/s1. The molecule has 1 aromatic rings. The number of benzene rings is 1. The maximum atomic E-state index is 11.0. The molecule has 0 spiro atoms. The molecule has 17 heavy (non-hydrogen) atoms. The van der Waals surface area contributed by atoms with Crippen LogP contribution in [0, 0.1) is 0 Å². The maximum Gasteiger partial charge on any atom is 0.308 e. The van der Waals surface area contributed by atoms with Crippen LogP contribution in [0.1, 0.15) is 31.9 Å². The number of carbonyl (C=O) groups is 1. The zero-order valence-corrected chi connectivity index (χ0v) is 10.3. The number of esters is 1. The molecule has 4 heteroatoms. The SMILES string of the molecule is COC(=O)C[C@H](O)c1ccc(OC(C)C)cc1. The van der Waals surface area contributed by atoms with E-state index in [1.807, 2.05) is 13.8 Å². The summed E-state index contributed by atoms with van der Waals surface area (Å²) in [7, 11) is 1.30. The van der Waals surface area contributed by atoms with E-state index in [-0.39, 0.29) is 12.5 Å². The van der Waals surface area contributed by atoms with Crippen LogP contribution in [0.15, 0.2) is 24.3 Å². The Kier molecular flexibility index (Phi) is 4.97. The minimum Gasteiger partial charge on any atom is -0.491 e. The molecule has 0 bridgehead atoms. The van der Waals surface area contributed by atoms with Crippen molar-refractivity contribution in [3.63, 3.8) is 0 Å². The number of rotatable bonds is 5. The fourth-order valence-corrected chi connectivity index (χ4v) is 1.40. The summed E-state index contributed by atoms with van der Waals surface area (Å²) in [6, 6.07) is 7.03. The molecule has 1 atom stereocenters. The summed E-state index contributed by atoms with van der Waals surface area (Å²) in [6.07, 6.45) is -0.766. The van der Waals surface area contributed by atoms with Crippen molar-refractivity contribution in [2.75, 3.05) is 7.11 Å². The van der Waals surface area contributed by atoms with E-state index in [4.69, 9.17) is 4.74 Å². The summed E-state index contributed by atoms with van der Waals surface area (Å²) in [6.45, 7) is 3.89. The number of hydrogen-bond donors (Lipinski definition) is 1. The minimum absolute atomic E-state index is 0.0408. The number of hydrogen-bond acceptors (Lipinski definition) is 4. The zero-order chi connectivity index (χ0) is 12.8. The second-order valence-electron chi connectivity index (χ2n) is 4.03. The van der Waals surface area contributed by atoms with Crippen LogP contribution in [-0.4, -0.2) is 24.3 Å². The number of methoxy groups -OCH3 is 1. The maximum absolute atomic E-state index is 11.0. The molecule has 94 valence electrons. The first-order valence-corrected chi connectivity index (χ1v) is 5.54. The van der Waals surface area contributed by atoms with E-state index in [0.717, 1.165) is 5.75 Å². The third-order valence-electron chi connectivity index (χ3n) is 2.22. The van der Waals surface area contributed by atoms with Gasteiger partial charge in [0.05, 0.1) is 25.7 Å². The molecule has 0 aliphatic heterocycles. The molecule has 0 radical (unpaired) electrons. The summed E-state index contributed by atoms with van der Waals surface area (Å²) in [5.41, 5.74) is 0.673. The van der Waals surface area contributed by atoms with Crippen LogP contribution < -0.4 is 4.74 Å². The predicted octanol–water partition coefficient (Wildman–Crippen LogP) is 2.07. The van der Waals surface area contributed by atoms with E-state index < -0.39 is 12.1 Å². The van der Waals surface area contributed by atoms with E-state index >= 15 is 0 Å². The van der Waals surface area contributed by atoms with Crippen molar-refractivity contribution < 1.29 is 19.4 Å². The van der Waals surface area contributed by atoms with Crippen LogP contribution in [0.3, 0.4) is 0 Å². The Bertz CT molecular complexity index is 356. The van der Waals surface area contributed by atoms with Gasteiger partial charge in [-0.05, 0) is 31.5 Å². The highest BCUT2D eigenvalue weighted by atomic mass is 16.5. The van der Waals surface area contributed by atoms with Crippen molar-refractivity contribution in [2.45, 2.75) is 32.5 Å². The second-order valence-corrected chi connectivity index (χ2v) is 4.03. The van der Waals surface area contributed by atoms with Gasteiger partial charge in [-0.1, -0.05) is 12.1 Å². The molecule has 0 saturated carbocycles. The smallest absolute Gasteiger partial charge is 0.308 e.